The Kier molecular flexibility index (Phi) is 0.887. The van der Waals surface area contributed by atoms with Crippen LogP contribution in [0, 0.1) is 4.91 Å². The van der Waals surface area contributed by atoms with Crippen molar-refractivity contribution in [3.8, 4) is 0 Å². The summed E-state index contributed by atoms with van der Waals surface area (Å²) in [5.41, 5.74) is 0.884. The van der Waals surface area contributed by atoms with Gasteiger partial charge in [-0.05, 0) is 17.3 Å². The first-order chi connectivity index (χ1) is 4.92. The fraction of sp³-hybridized carbons (Fsp3) is 0. The predicted molar refractivity (Wildman–Crippen MR) is 37.2 cm³/mol. The molecule has 50 valence electrons. The first kappa shape index (κ1) is 5.22. The van der Waals surface area contributed by atoms with E-state index in [0.717, 1.165) is 5.65 Å². The zero-order valence-electron chi connectivity index (χ0n) is 5.11. The van der Waals surface area contributed by atoms with E-state index < -0.39 is 0 Å². The molecule has 0 aliphatic heterocycles. The Hall–Kier alpha value is -1.58. The fourth-order valence-corrected chi connectivity index (χ4v) is 0.983. The van der Waals surface area contributed by atoms with Crippen LogP contribution in [-0.4, -0.2) is 9.38 Å². The number of hydrogen-bond donors (Lipinski definition) is 1. The van der Waals surface area contributed by atoms with Gasteiger partial charge in [-0.2, -0.15) is 0 Å². The lowest BCUT2D eigenvalue weighted by atomic mass is 10.6. The number of hydrogen-bond acceptors (Lipinski definition) is 2. The minimum atomic E-state index is 0.427. The third-order valence-electron chi connectivity index (χ3n) is 1.44. The molecule has 0 radical (unpaired) electrons. The number of imidazole rings is 1. The first-order valence-electron chi connectivity index (χ1n) is 2.89. The van der Waals surface area contributed by atoms with Crippen molar-refractivity contribution >= 4 is 11.5 Å². The summed E-state index contributed by atoms with van der Waals surface area (Å²) < 4.78 is 1.69. The Balaban J connectivity index is 2.88. The highest BCUT2D eigenvalue weighted by atomic mass is 16.3. The van der Waals surface area contributed by atoms with Crippen LogP contribution in [0.25, 0.3) is 5.65 Å². The van der Waals surface area contributed by atoms with Crippen molar-refractivity contribution in [3.63, 3.8) is 0 Å². The van der Waals surface area contributed by atoms with Crippen LogP contribution in [0.2, 0.25) is 0 Å². The second kappa shape index (κ2) is 1.70. The number of aromatic nitrogens is 2. The smallest absolute Gasteiger partial charge is 0.183 e. The Morgan fingerprint density at radius 1 is 1.50 bits per heavy atom. The molecule has 0 atom stereocenters. The number of nitrogens with one attached hydrogen (secondary N) is 1. The molecule has 1 N–H and O–H groups in total. The zero-order valence-corrected chi connectivity index (χ0v) is 5.11. The van der Waals surface area contributed by atoms with E-state index in [1.807, 2.05) is 0 Å². The summed E-state index contributed by atoms with van der Waals surface area (Å²) >= 11 is 0. The Morgan fingerprint density at radius 2 is 2.40 bits per heavy atom. The Bertz CT molecular complexity index is 360. The fourth-order valence-electron chi connectivity index (χ4n) is 0.983. The van der Waals surface area contributed by atoms with E-state index in [0.29, 0.717) is 5.82 Å². The average Bonchev–Trinajstić information content (AvgIpc) is 2.44. The van der Waals surface area contributed by atoms with Crippen LogP contribution in [0.3, 0.4) is 0 Å². The summed E-state index contributed by atoms with van der Waals surface area (Å²) in [6.45, 7) is 0. The number of aromatic amines is 1. The molecular weight excluding hydrogens is 130 g/mol. The lowest BCUT2D eigenvalue weighted by Gasteiger charge is -1.81. The van der Waals surface area contributed by atoms with E-state index in [1.165, 1.54) is 0 Å². The lowest BCUT2D eigenvalue weighted by Crippen LogP contribution is -1.71. The van der Waals surface area contributed by atoms with Gasteiger partial charge >= 0.3 is 0 Å². The van der Waals surface area contributed by atoms with Crippen LogP contribution >= 0.6 is 0 Å². The molecule has 2 heterocycles. The molecule has 2 aromatic heterocycles. The van der Waals surface area contributed by atoms with E-state index in [2.05, 4.69) is 10.2 Å². The Labute approximate surface area is 56.5 Å². The van der Waals surface area contributed by atoms with Gasteiger partial charge in [0.25, 0.3) is 0 Å². The van der Waals surface area contributed by atoms with Crippen molar-refractivity contribution < 1.29 is 0 Å². The van der Waals surface area contributed by atoms with E-state index >= 15 is 0 Å². The molecule has 2 aromatic rings. The van der Waals surface area contributed by atoms with Crippen LogP contribution in [0.1, 0.15) is 0 Å². The number of nitroso groups, excluding NO2 is 1. The van der Waals surface area contributed by atoms with Crippen LogP contribution in [0.4, 0.5) is 5.82 Å². The Morgan fingerprint density at radius 3 is 3.20 bits per heavy atom. The van der Waals surface area contributed by atoms with Gasteiger partial charge in [0.2, 0.25) is 0 Å². The predicted octanol–water partition coefficient (Wildman–Crippen LogP) is 1.67. The van der Waals surface area contributed by atoms with Crippen LogP contribution in [0.5, 0.6) is 0 Å². The van der Waals surface area contributed by atoms with Gasteiger partial charge in [-0.25, -0.2) is 0 Å². The van der Waals surface area contributed by atoms with Crippen LogP contribution in [0.15, 0.2) is 29.7 Å². The second-order valence-electron chi connectivity index (χ2n) is 2.00. The third kappa shape index (κ3) is 0.500. The quantitative estimate of drug-likeness (QED) is 0.594. The van der Waals surface area contributed by atoms with Gasteiger partial charge in [0, 0.05) is 12.4 Å². The molecule has 0 amide bonds. The molecular formula is C6H5N3O. The van der Waals surface area contributed by atoms with E-state index in [1.54, 1.807) is 28.9 Å². The number of fused-ring (bicyclic) bond motifs is 1. The van der Waals surface area contributed by atoms with E-state index in [4.69, 9.17) is 0 Å². The number of rotatable bonds is 1. The largest absolute Gasteiger partial charge is 0.346 e. The molecule has 2 rings (SSSR count). The van der Waals surface area contributed by atoms with Gasteiger partial charge in [0.15, 0.2) is 5.82 Å². The third-order valence-corrected chi connectivity index (χ3v) is 1.44. The highest BCUT2D eigenvalue weighted by Gasteiger charge is 1.98. The minimum absolute atomic E-state index is 0.427. The van der Waals surface area contributed by atoms with Gasteiger partial charge in [-0.15, -0.1) is 4.91 Å². The van der Waals surface area contributed by atoms with Gasteiger partial charge < -0.3 is 4.98 Å². The van der Waals surface area contributed by atoms with Crippen molar-refractivity contribution in [3.05, 3.63) is 29.4 Å². The molecule has 0 unspecified atom stereocenters. The highest BCUT2D eigenvalue weighted by molar-refractivity contribution is 5.49. The van der Waals surface area contributed by atoms with Crippen LogP contribution in [-0.2, 0) is 0 Å². The average molecular weight is 135 g/mol. The van der Waals surface area contributed by atoms with Crippen molar-refractivity contribution in [2.45, 2.75) is 0 Å². The summed E-state index contributed by atoms with van der Waals surface area (Å²) in [6, 6.07) is 3.47. The minimum Gasteiger partial charge on any atom is -0.346 e. The van der Waals surface area contributed by atoms with Gasteiger partial charge in [0.1, 0.15) is 5.65 Å². The normalized spacial score (nSPS) is 10.4. The molecule has 4 heteroatoms. The molecule has 0 saturated carbocycles. The maximum Gasteiger partial charge on any atom is 0.183 e. The van der Waals surface area contributed by atoms with Crippen molar-refractivity contribution in [1.82, 2.24) is 9.38 Å². The van der Waals surface area contributed by atoms with E-state index in [9.17, 15) is 4.91 Å². The molecule has 0 aliphatic rings. The van der Waals surface area contributed by atoms with Gasteiger partial charge in [-0.3, -0.25) is 4.40 Å². The van der Waals surface area contributed by atoms with Crippen molar-refractivity contribution in [2.24, 2.45) is 5.18 Å². The van der Waals surface area contributed by atoms with Crippen molar-refractivity contribution in [1.29, 1.82) is 0 Å². The standard InChI is InChI=1S/C6H5N3O/c10-8-6-2-1-5-7-3-4-9(5)6/h1-4,7H. The zero-order chi connectivity index (χ0) is 6.97. The summed E-state index contributed by atoms with van der Waals surface area (Å²) in [5.74, 6) is 0.427. The van der Waals surface area contributed by atoms with Crippen molar-refractivity contribution in [2.75, 3.05) is 0 Å². The molecule has 0 bridgehead atoms. The lowest BCUT2D eigenvalue weighted by molar-refractivity contribution is 1.19. The highest BCUT2D eigenvalue weighted by Crippen LogP contribution is 2.15. The number of H-pyrrole nitrogens is 1. The maximum atomic E-state index is 10.1. The maximum absolute atomic E-state index is 10.1. The summed E-state index contributed by atoms with van der Waals surface area (Å²) in [7, 11) is 0. The first-order valence-corrected chi connectivity index (χ1v) is 2.89. The van der Waals surface area contributed by atoms with Crippen LogP contribution < -0.4 is 0 Å². The SMILES string of the molecule is O=Nc1ccc2[nH]ccn12. The molecule has 10 heavy (non-hydrogen) atoms. The molecule has 0 aliphatic carbocycles. The molecule has 0 saturated heterocycles. The van der Waals surface area contributed by atoms with Gasteiger partial charge in [0.05, 0.1) is 0 Å². The summed E-state index contributed by atoms with van der Waals surface area (Å²) in [5, 5.41) is 2.82. The number of nitrogens with zero attached hydrogens (tertiary/aromatic N) is 2. The van der Waals surface area contributed by atoms with Gasteiger partial charge in [-0.1, -0.05) is 0 Å². The monoisotopic (exact) mass is 135 g/mol. The molecule has 0 aromatic carbocycles. The molecule has 4 nitrogen and oxygen atoms in total. The topological polar surface area (TPSA) is 49.6 Å². The summed E-state index contributed by atoms with van der Waals surface area (Å²) in [6.07, 6.45) is 3.51. The molecule has 0 fully saturated rings. The second-order valence-corrected chi connectivity index (χ2v) is 2.00. The summed E-state index contributed by atoms with van der Waals surface area (Å²) in [4.78, 5) is 13.0. The molecule has 0 spiro atoms. The van der Waals surface area contributed by atoms with E-state index in [-0.39, 0.29) is 0 Å².